The Bertz CT molecular complexity index is 540. The molecule has 0 unspecified atom stereocenters. The van der Waals surface area contributed by atoms with Crippen molar-refractivity contribution in [3.8, 4) is 11.5 Å². The van der Waals surface area contributed by atoms with Crippen molar-refractivity contribution < 1.29 is 9.47 Å². The van der Waals surface area contributed by atoms with Crippen LogP contribution in [0.4, 0.5) is 5.69 Å². The Morgan fingerprint density at radius 3 is 2.47 bits per heavy atom. The van der Waals surface area contributed by atoms with Crippen LogP contribution in [0.3, 0.4) is 0 Å². The van der Waals surface area contributed by atoms with E-state index < -0.39 is 0 Å². The van der Waals surface area contributed by atoms with Gasteiger partial charge in [-0.3, -0.25) is 0 Å². The molecule has 0 saturated heterocycles. The molecule has 2 aromatic carbocycles. The zero-order valence-corrected chi connectivity index (χ0v) is 11.9. The van der Waals surface area contributed by atoms with Crippen molar-refractivity contribution >= 4 is 17.4 Å². The molecule has 0 saturated carbocycles. The normalized spacial score (nSPS) is 10.2. The molecule has 0 aliphatic carbocycles. The molecule has 0 atom stereocenters. The second-order valence-electron chi connectivity index (χ2n) is 4.04. The lowest BCUT2D eigenvalue weighted by molar-refractivity contribution is 0.296. The number of thioether (sulfide) groups is 1. The quantitative estimate of drug-likeness (QED) is 0.669. The number of hydrogen-bond acceptors (Lipinski definition) is 4. The van der Waals surface area contributed by atoms with E-state index in [9.17, 15) is 0 Å². The van der Waals surface area contributed by atoms with Crippen molar-refractivity contribution in [1.29, 1.82) is 0 Å². The largest absolute Gasteiger partial charge is 0.496 e. The lowest BCUT2D eigenvalue weighted by Crippen LogP contribution is -2.00. The predicted molar refractivity (Wildman–Crippen MR) is 80.0 cm³/mol. The number of ether oxygens (including phenoxy) is 2. The van der Waals surface area contributed by atoms with Crippen molar-refractivity contribution in [2.24, 2.45) is 0 Å². The van der Waals surface area contributed by atoms with Crippen LogP contribution < -0.4 is 15.2 Å². The summed E-state index contributed by atoms with van der Waals surface area (Å²) in [6.45, 7) is 0.437. The molecule has 0 amide bonds. The van der Waals surface area contributed by atoms with Crippen LogP contribution in [0.1, 0.15) is 5.56 Å². The molecule has 4 heteroatoms. The maximum atomic E-state index is 5.78. The summed E-state index contributed by atoms with van der Waals surface area (Å²) in [6.07, 6.45) is 2.05. The van der Waals surface area contributed by atoms with Gasteiger partial charge in [-0.15, -0.1) is 11.8 Å². The van der Waals surface area contributed by atoms with Gasteiger partial charge in [0, 0.05) is 16.1 Å². The summed E-state index contributed by atoms with van der Waals surface area (Å²) in [5.74, 6) is 1.62. The van der Waals surface area contributed by atoms with Crippen molar-refractivity contribution in [2.75, 3.05) is 19.1 Å². The highest BCUT2D eigenvalue weighted by Gasteiger charge is 2.04. The van der Waals surface area contributed by atoms with Crippen LogP contribution in [0, 0.1) is 0 Å². The molecule has 0 aromatic heterocycles. The Kier molecular flexibility index (Phi) is 4.58. The van der Waals surface area contributed by atoms with Gasteiger partial charge in [0.15, 0.2) is 0 Å². The molecule has 0 radical (unpaired) electrons. The Morgan fingerprint density at radius 1 is 1.11 bits per heavy atom. The van der Waals surface area contributed by atoms with E-state index in [-0.39, 0.29) is 0 Å². The fourth-order valence-electron chi connectivity index (χ4n) is 1.74. The Hall–Kier alpha value is -1.81. The van der Waals surface area contributed by atoms with E-state index in [1.54, 1.807) is 18.9 Å². The summed E-state index contributed by atoms with van der Waals surface area (Å²) >= 11 is 1.71. The fourth-order valence-corrected chi connectivity index (χ4v) is 2.15. The minimum atomic E-state index is 0.437. The summed E-state index contributed by atoms with van der Waals surface area (Å²) in [5.41, 5.74) is 7.42. The monoisotopic (exact) mass is 275 g/mol. The minimum Gasteiger partial charge on any atom is -0.496 e. The smallest absolute Gasteiger partial charge is 0.125 e. The van der Waals surface area contributed by atoms with Crippen LogP contribution in [-0.2, 0) is 6.61 Å². The molecule has 3 nitrogen and oxygen atoms in total. The van der Waals surface area contributed by atoms with E-state index in [0.717, 1.165) is 17.1 Å². The van der Waals surface area contributed by atoms with Crippen LogP contribution in [0.5, 0.6) is 11.5 Å². The minimum absolute atomic E-state index is 0.437. The van der Waals surface area contributed by atoms with Gasteiger partial charge >= 0.3 is 0 Å². The molecule has 2 aromatic rings. The van der Waals surface area contributed by atoms with Crippen LogP contribution >= 0.6 is 11.8 Å². The highest BCUT2D eigenvalue weighted by atomic mass is 32.2. The van der Waals surface area contributed by atoms with E-state index in [0.29, 0.717) is 12.3 Å². The summed E-state index contributed by atoms with van der Waals surface area (Å²) in [4.78, 5) is 1.22. The highest BCUT2D eigenvalue weighted by molar-refractivity contribution is 7.98. The molecule has 0 aliphatic rings. The summed E-state index contributed by atoms with van der Waals surface area (Å²) < 4.78 is 11.0. The van der Waals surface area contributed by atoms with Crippen molar-refractivity contribution in [3.05, 3.63) is 48.0 Å². The van der Waals surface area contributed by atoms with Gasteiger partial charge in [0.25, 0.3) is 0 Å². The topological polar surface area (TPSA) is 44.5 Å². The highest BCUT2D eigenvalue weighted by Crippen LogP contribution is 2.24. The first-order valence-corrected chi connectivity index (χ1v) is 7.14. The zero-order chi connectivity index (χ0) is 13.7. The van der Waals surface area contributed by atoms with Crippen molar-refractivity contribution in [2.45, 2.75) is 11.5 Å². The third-order valence-corrected chi connectivity index (χ3v) is 3.50. The maximum Gasteiger partial charge on any atom is 0.125 e. The first kappa shape index (κ1) is 13.6. The molecule has 2 N–H and O–H groups in total. The number of hydrogen-bond donors (Lipinski definition) is 1. The average Bonchev–Trinajstić information content (AvgIpc) is 2.46. The third kappa shape index (κ3) is 3.58. The van der Waals surface area contributed by atoms with Crippen LogP contribution in [0.25, 0.3) is 0 Å². The molecule has 0 fully saturated rings. The van der Waals surface area contributed by atoms with Crippen LogP contribution in [-0.4, -0.2) is 13.4 Å². The zero-order valence-electron chi connectivity index (χ0n) is 11.1. The standard InChI is InChI=1S/C15H17NO2S/c1-17-15-8-3-12(16)9-11(15)10-18-13-4-6-14(19-2)7-5-13/h3-9H,10,16H2,1-2H3. The number of methoxy groups -OCH3 is 1. The van der Waals surface area contributed by atoms with Gasteiger partial charge < -0.3 is 15.2 Å². The fraction of sp³-hybridized carbons (Fsp3) is 0.200. The predicted octanol–water partition coefficient (Wildman–Crippen LogP) is 3.58. The number of nitrogens with two attached hydrogens (primary N) is 1. The van der Waals surface area contributed by atoms with Gasteiger partial charge in [-0.2, -0.15) is 0 Å². The molecule has 2 rings (SSSR count). The molecule has 0 bridgehead atoms. The van der Waals surface area contributed by atoms with Gasteiger partial charge in [-0.25, -0.2) is 0 Å². The van der Waals surface area contributed by atoms with Crippen LogP contribution in [0.15, 0.2) is 47.4 Å². The van der Waals surface area contributed by atoms with E-state index in [2.05, 4.69) is 0 Å². The summed E-state index contributed by atoms with van der Waals surface area (Å²) in [7, 11) is 1.64. The number of rotatable bonds is 5. The Balaban J connectivity index is 2.07. The van der Waals surface area contributed by atoms with Crippen molar-refractivity contribution in [1.82, 2.24) is 0 Å². The molecule has 0 heterocycles. The number of anilines is 1. The van der Waals surface area contributed by atoms with Gasteiger partial charge in [0.05, 0.1) is 7.11 Å². The average molecular weight is 275 g/mol. The second-order valence-corrected chi connectivity index (χ2v) is 4.92. The summed E-state index contributed by atoms with van der Waals surface area (Å²) in [5, 5.41) is 0. The first-order valence-electron chi connectivity index (χ1n) is 5.92. The van der Waals surface area contributed by atoms with E-state index in [1.807, 2.05) is 48.7 Å². The maximum absolute atomic E-state index is 5.78. The van der Waals surface area contributed by atoms with E-state index >= 15 is 0 Å². The lowest BCUT2D eigenvalue weighted by Gasteiger charge is -2.11. The molecule has 0 aliphatic heterocycles. The lowest BCUT2D eigenvalue weighted by atomic mass is 10.2. The van der Waals surface area contributed by atoms with Gasteiger partial charge in [0.2, 0.25) is 0 Å². The second kappa shape index (κ2) is 6.38. The van der Waals surface area contributed by atoms with Crippen LogP contribution in [0.2, 0.25) is 0 Å². The van der Waals surface area contributed by atoms with E-state index in [1.165, 1.54) is 4.90 Å². The first-order chi connectivity index (χ1) is 9.22. The van der Waals surface area contributed by atoms with Gasteiger partial charge in [-0.05, 0) is 48.7 Å². The molecule has 0 spiro atoms. The van der Waals surface area contributed by atoms with Gasteiger partial charge in [0.1, 0.15) is 18.1 Å². The SMILES string of the molecule is COc1ccc(N)cc1COc1ccc(SC)cc1. The molecular formula is C15H17NO2S. The number of nitrogen functional groups attached to an aromatic ring is 1. The van der Waals surface area contributed by atoms with Crippen molar-refractivity contribution in [3.63, 3.8) is 0 Å². The molecule has 100 valence electrons. The Labute approximate surface area is 117 Å². The number of benzene rings is 2. The van der Waals surface area contributed by atoms with Gasteiger partial charge in [-0.1, -0.05) is 0 Å². The van der Waals surface area contributed by atoms with E-state index in [4.69, 9.17) is 15.2 Å². The molecular weight excluding hydrogens is 258 g/mol. The molecule has 19 heavy (non-hydrogen) atoms. The summed E-state index contributed by atoms with van der Waals surface area (Å²) in [6, 6.07) is 13.5. The third-order valence-electron chi connectivity index (χ3n) is 2.76. The Morgan fingerprint density at radius 2 is 1.84 bits per heavy atom.